The molecule has 1 rings (SSSR count). The molecule has 0 radical (unpaired) electrons. The summed E-state index contributed by atoms with van der Waals surface area (Å²) >= 11 is 1.58. The van der Waals surface area contributed by atoms with E-state index >= 15 is 0 Å². The van der Waals surface area contributed by atoms with Gasteiger partial charge in [0.15, 0.2) is 0 Å². The smallest absolute Gasteiger partial charge is 0.137 e. The van der Waals surface area contributed by atoms with Crippen molar-refractivity contribution in [1.82, 2.24) is 5.32 Å². The van der Waals surface area contributed by atoms with Crippen LogP contribution in [0.3, 0.4) is 0 Å². The van der Waals surface area contributed by atoms with Crippen LogP contribution in [0.4, 0.5) is 4.39 Å². The average molecular weight is 213 g/mol. The summed E-state index contributed by atoms with van der Waals surface area (Å²) in [6, 6.07) is 5.44. The standard InChI is InChI=1S/C11H16FNS/c1-3-6-14-11-5-4-9(8-13-2)7-10(11)12/h4-5,7,13H,3,6,8H2,1-2H3. The number of thioether (sulfide) groups is 1. The summed E-state index contributed by atoms with van der Waals surface area (Å²) in [5.74, 6) is 0.874. The van der Waals surface area contributed by atoms with Crippen molar-refractivity contribution in [1.29, 1.82) is 0 Å². The lowest BCUT2D eigenvalue weighted by Crippen LogP contribution is -2.05. The lowest BCUT2D eigenvalue weighted by molar-refractivity contribution is 0.598. The highest BCUT2D eigenvalue weighted by Crippen LogP contribution is 2.23. The van der Waals surface area contributed by atoms with Crippen molar-refractivity contribution in [3.63, 3.8) is 0 Å². The van der Waals surface area contributed by atoms with E-state index < -0.39 is 0 Å². The van der Waals surface area contributed by atoms with E-state index in [2.05, 4.69) is 12.2 Å². The molecule has 0 aliphatic heterocycles. The SMILES string of the molecule is CCCSc1ccc(CNC)cc1F. The maximum Gasteiger partial charge on any atom is 0.137 e. The first-order valence-electron chi connectivity index (χ1n) is 4.83. The Morgan fingerprint density at radius 2 is 2.21 bits per heavy atom. The zero-order valence-electron chi connectivity index (χ0n) is 8.64. The molecule has 0 fully saturated rings. The first-order chi connectivity index (χ1) is 6.77. The third-order valence-corrected chi connectivity index (χ3v) is 3.09. The van der Waals surface area contributed by atoms with Crippen molar-refractivity contribution >= 4 is 11.8 Å². The maximum atomic E-state index is 13.4. The fourth-order valence-corrected chi connectivity index (χ4v) is 1.97. The maximum absolute atomic E-state index is 13.4. The minimum atomic E-state index is -0.101. The first-order valence-corrected chi connectivity index (χ1v) is 5.82. The predicted molar refractivity (Wildman–Crippen MR) is 60.2 cm³/mol. The largest absolute Gasteiger partial charge is 0.316 e. The Morgan fingerprint density at radius 3 is 2.79 bits per heavy atom. The summed E-state index contributed by atoms with van der Waals surface area (Å²) < 4.78 is 13.4. The molecule has 1 aromatic carbocycles. The fraction of sp³-hybridized carbons (Fsp3) is 0.455. The zero-order valence-corrected chi connectivity index (χ0v) is 9.46. The molecule has 1 aromatic rings. The van der Waals surface area contributed by atoms with Gasteiger partial charge in [0.25, 0.3) is 0 Å². The molecule has 0 amide bonds. The molecule has 0 bridgehead atoms. The van der Waals surface area contributed by atoms with Crippen LogP contribution in [0.1, 0.15) is 18.9 Å². The second kappa shape index (κ2) is 6.04. The molecule has 14 heavy (non-hydrogen) atoms. The van der Waals surface area contributed by atoms with E-state index in [-0.39, 0.29) is 5.82 Å². The number of hydrogen-bond donors (Lipinski definition) is 1. The topological polar surface area (TPSA) is 12.0 Å². The van der Waals surface area contributed by atoms with Crippen LogP contribution in [0.15, 0.2) is 23.1 Å². The van der Waals surface area contributed by atoms with Gasteiger partial charge in [0.1, 0.15) is 5.82 Å². The summed E-state index contributed by atoms with van der Waals surface area (Å²) in [5.41, 5.74) is 0.992. The van der Waals surface area contributed by atoms with Crippen molar-refractivity contribution in [3.05, 3.63) is 29.6 Å². The zero-order chi connectivity index (χ0) is 10.4. The molecule has 0 saturated heterocycles. The Kier molecular flexibility index (Phi) is 4.98. The molecule has 0 unspecified atom stereocenters. The van der Waals surface area contributed by atoms with Gasteiger partial charge in [-0.3, -0.25) is 0 Å². The highest BCUT2D eigenvalue weighted by molar-refractivity contribution is 7.99. The van der Waals surface area contributed by atoms with Crippen LogP contribution >= 0.6 is 11.8 Å². The van der Waals surface area contributed by atoms with E-state index in [0.717, 1.165) is 29.2 Å². The van der Waals surface area contributed by atoms with Gasteiger partial charge in [-0.2, -0.15) is 0 Å². The summed E-state index contributed by atoms with van der Waals surface area (Å²) in [6.07, 6.45) is 1.07. The van der Waals surface area contributed by atoms with Crippen LogP contribution in [0.5, 0.6) is 0 Å². The molecular formula is C11H16FNS. The normalized spacial score (nSPS) is 10.5. The second-order valence-corrected chi connectivity index (χ2v) is 4.28. The van der Waals surface area contributed by atoms with Crippen molar-refractivity contribution < 1.29 is 4.39 Å². The van der Waals surface area contributed by atoms with Gasteiger partial charge >= 0.3 is 0 Å². The molecule has 0 aliphatic carbocycles. The molecule has 0 aliphatic rings. The Labute approximate surface area is 89.1 Å². The molecule has 0 atom stereocenters. The van der Waals surface area contributed by atoms with Crippen LogP contribution in [-0.4, -0.2) is 12.8 Å². The number of rotatable bonds is 5. The molecule has 0 aromatic heterocycles. The van der Waals surface area contributed by atoms with E-state index in [0.29, 0.717) is 0 Å². The number of benzene rings is 1. The Hall–Kier alpha value is -0.540. The molecule has 0 saturated carbocycles. The van der Waals surface area contributed by atoms with Gasteiger partial charge in [-0.1, -0.05) is 13.0 Å². The van der Waals surface area contributed by atoms with Crippen molar-refractivity contribution in [2.75, 3.05) is 12.8 Å². The Morgan fingerprint density at radius 1 is 1.43 bits per heavy atom. The number of halogens is 1. The highest BCUT2D eigenvalue weighted by atomic mass is 32.2. The number of nitrogens with one attached hydrogen (secondary N) is 1. The Bertz CT molecular complexity index is 289. The second-order valence-electron chi connectivity index (χ2n) is 3.14. The molecular weight excluding hydrogens is 197 g/mol. The van der Waals surface area contributed by atoms with Gasteiger partial charge in [-0.15, -0.1) is 11.8 Å². The van der Waals surface area contributed by atoms with Crippen molar-refractivity contribution in [2.24, 2.45) is 0 Å². The van der Waals surface area contributed by atoms with E-state index in [1.54, 1.807) is 17.8 Å². The van der Waals surface area contributed by atoms with Gasteiger partial charge < -0.3 is 5.32 Å². The molecule has 0 spiro atoms. The van der Waals surface area contributed by atoms with Gasteiger partial charge in [0.2, 0.25) is 0 Å². The van der Waals surface area contributed by atoms with Gasteiger partial charge in [0.05, 0.1) is 0 Å². The van der Waals surface area contributed by atoms with Gasteiger partial charge in [0, 0.05) is 11.4 Å². The first kappa shape index (κ1) is 11.5. The lowest BCUT2D eigenvalue weighted by Gasteiger charge is -2.04. The minimum Gasteiger partial charge on any atom is -0.316 e. The highest BCUT2D eigenvalue weighted by Gasteiger charge is 2.02. The lowest BCUT2D eigenvalue weighted by atomic mass is 10.2. The summed E-state index contributed by atoms with van der Waals surface area (Å²) in [4.78, 5) is 0.756. The van der Waals surface area contributed by atoms with Crippen LogP contribution in [-0.2, 0) is 6.54 Å². The monoisotopic (exact) mass is 213 g/mol. The minimum absolute atomic E-state index is 0.101. The van der Waals surface area contributed by atoms with Crippen molar-refractivity contribution in [3.8, 4) is 0 Å². The van der Waals surface area contributed by atoms with Crippen LogP contribution in [0.2, 0.25) is 0 Å². The average Bonchev–Trinajstić information content (AvgIpc) is 2.17. The molecule has 0 heterocycles. The van der Waals surface area contributed by atoms with Crippen LogP contribution in [0, 0.1) is 5.82 Å². The number of hydrogen-bond acceptors (Lipinski definition) is 2. The molecule has 78 valence electrons. The van der Waals surface area contributed by atoms with Gasteiger partial charge in [-0.05, 0) is 36.9 Å². The summed E-state index contributed by atoms with van der Waals surface area (Å²) in [7, 11) is 1.86. The van der Waals surface area contributed by atoms with Gasteiger partial charge in [-0.25, -0.2) is 4.39 Å². The van der Waals surface area contributed by atoms with Crippen LogP contribution in [0.25, 0.3) is 0 Å². The van der Waals surface area contributed by atoms with E-state index in [1.165, 1.54) is 0 Å². The van der Waals surface area contributed by atoms with Crippen LogP contribution < -0.4 is 5.32 Å². The summed E-state index contributed by atoms with van der Waals surface area (Å²) in [6.45, 7) is 2.82. The molecule has 1 nitrogen and oxygen atoms in total. The predicted octanol–water partition coefficient (Wildman–Crippen LogP) is 3.05. The van der Waals surface area contributed by atoms with E-state index in [9.17, 15) is 4.39 Å². The fourth-order valence-electron chi connectivity index (χ4n) is 1.19. The summed E-state index contributed by atoms with van der Waals surface area (Å²) in [5, 5.41) is 3.00. The molecule has 3 heteroatoms. The third-order valence-electron chi connectivity index (χ3n) is 1.84. The Balaban J connectivity index is 2.68. The molecule has 1 N–H and O–H groups in total. The van der Waals surface area contributed by atoms with Crippen molar-refractivity contribution in [2.45, 2.75) is 24.8 Å². The quantitative estimate of drug-likeness (QED) is 0.754. The third kappa shape index (κ3) is 3.31. The van der Waals surface area contributed by atoms with E-state index in [1.807, 2.05) is 19.2 Å². The van der Waals surface area contributed by atoms with E-state index in [4.69, 9.17) is 0 Å².